The van der Waals surface area contributed by atoms with E-state index in [2.05, 4.69) is 10.6 Å². The van der Waals surface area contributed by atoms with Gasteiger partial charge in [-0.2, -0.15) is 0 Å². The van der Waals surface area contributed by atoms with Crippen molar-refractivity contribution in [1.29, 1.82) is 0 Å². The number of hydrogen-bond acceptors (Lipinski definition) is 4. The third-order valence-corrected chi connectivity index (χ3v) is 2.49. The molecule has 0 bridgehead atoms. The molecule has 0 aliphatic rings. The number of nitrogens with one attached hydrogen (secondary N) is 2. The Hall–Kier alpha value is 0.130. The Morgan fingerprint density at radius 2 is 1.53 bits per heavy atom. The van der Waals surface area contributed by atoms with Gasteiger partial charge < -0.3 is 22.1 Å². The molecule has 0 aliphatic heterocycles. The van der Waals surface area contributed by atoms with Gasteiger partial charge in [0.1, 0.15) is 0 Å². The van der Waals surface area contributed by atoms with E-state index < -0.39 is 0 Å². The van der Waals surface area contributed by atoms with Crippen LogP contribution in [0.2, 0.25) is 0 Å². The number of rotatable bonds is 11. The highest BCUT2D eigenvalue weighted by Crippen LogP contribution is 2.00. The lowest BCUT2D eigenvalue weighted by Crippen LogP contribution is -2.27. The summed E-state index contributed by atoms with van der Waals surface area (Å²) in [6.07, 6.45) is 4.10. The summed E-state index contributed by atoms with van der Waals surface area (Å²) in [6, 6.07) is 0. The lowest BCUT2D eigenvalue weighted by molar-refractivity contribution is 0.542. The molecule has 0 saturated carbocycles. The van der Waals surface area contributed by atoms with Gasteiger partial charge in [-0.3, -0.25) is 0 Å². The van der Waals surface area contributed by atoms with Gasteiger partial charge in [0.15, 0.2) is 0 Å². The Labute approximate surface area is 98.1 Å². The van der Waals surface area contributed by atoms with Crippen molar-refractivity contribution in [3.8, 4) is 0 Å². The first kappa shape index (κ1) is 15.1. The predicted molar refractivity (Wildman–Crippen MR) is 67.1 cm³/mol. The molecular formula is C10H25ClN4. The Kier molecular flexibility index (Phi) is 12.3. The highest BCUT2D eigenvalue weighted by molar-refractivity contribution is 6.20. The second kappa shape index (κ2) is 12.2. The first-order chi connectivity index (χ1) is 7.31. The Bertz CT molecular complexity index is 124. The van der Waals surface area contributed by atoms with Crippen LogP contribution in [0.3, 0.4) is 0 Å². The summed E-state index contributed by atoms with van der Waals surface area (Å²) in [5.41, 5.74) is 10.8. The fourth-order valence-corrected chi connectivity index (χ4v) is 1.48. The van der Waals surface area contributed by atoms with E-state index in [1.54, 1.807) is 0 Å². The normalized spacial score (nSPS) is 13.0. The standard InChI is InChI=1S/C10H25ClN4/c11-10(15-9-3-6-13)4-1-7-14-8-2-5-12/h10,14-15H,1-9,12-13H2. The molecule has 5 heteroatoms. The van der Waals surface area contributed by atoms with Crippen LogP contribution in [-0.4, -0.2) is 38.2 Å². The number of halogens is 1. The van der Waals surface area contributed by atoms with Crippen LogP contribution in [0.25, 0.3) is 0 Å². The van der Waals surface area contributed by atoms with Gasteiger partial charge in [0.2, 0.25) is 0 Å². The molecular weight excluding hydrogens is 212 g/mol. The van der Waals surface area contributed by atoms with Gasteiger partial charge in [0.05, 0.1) is 5.50 Å². The van der Waals surface area contributed by atoms with Gasteiger partial charge in [-0.25, -0.2) is 0 Å². The maximum Gasteiger partial charge on any atom is 0.0825 e. The summed E-state index contributed by atoms with van der Waals surface area (Å²) < 4.78 is 0. The predicted octanol–water partition coefficient (Wildman–Crippen LogP) is 0.208. The van der Waals surface area contributed by atoms with Crippen molar-refractivity contribution in [2.24, 2.45) is 11.5 Å². The largest absolute Gasteiger partial charge is 0.330 e. The second-order valence-electron chi connectivity index (χ2n) is 3.60. The lowest BCUT2D eigenvalue weighted by atomic mass is 10.3. The van der Waals surface area contributed by atoms with E-state index in [1.807, 2.05) is 0 Å². The van der Waals surface area contributed by atoms with Crippen LogP contribution in [0.5, 0.6) is 0 Å². The van der Waals surface area contributed by atoms with E-state index in [1.165, 1.54) is 0 Å². The number of nitrogens with two attached hydrogens (primary N) is 2. The minimum atomic E-state index is 0.0767. The summed E-state index contributed by atoms with van der Waals surface area (Å²) in [4.78, 5) is 0. The van der Waals surface area contributed by atoms with Crippen LogP contribution in [-0.2, 0) is 0 Å². The average molecular weight is 237 g/mol. The molecule has 0 heterocycles. The molecule has 0 aliphatic carbocycles. The molecule has 0 spiro atoms. The zero-order valence-corrected chi connectivity index (χ0v) is 10.2. The highest BCUT2D eigenvalue weighted by atomic mass is 35.5. The van der Waals surface area contributed by atoms with Crippen molar-refractivity contribution in [2.75, 3.05) is 32.7 Å². The summed E-state index contributed by atoms with van der Waals surface area (Å²) in [7, 11) is 0. The minimum Gasteiger partial charge on any atom is -0.330 e. The van der Waals surface area contributed by atoms with Crippen LogP contribution >= 0.6 is 11.6 Å². The Morgan fingerprint density at radius 1 is 0.933 bits per heavy atom. The minimum absolute atomic E-state index is 0.0767. The van der Waals surface area contributed by atoms with Crippen molar-refractivity contribution >= 4 is 11.6 Å². The first-order valence-corrected chi connectivity index (χ1v) is 6.23. The molecule has 0 saturated heterocycles. The van der Waals surface area contributed by atoms with E-state index in [-0.39, 0.29) is 5.50 Å². The molecule has 0 aromatic carbocycles. The average Bonchev–Trinajstić information content (AvgIpc) is 2.23. The van der Waals surface area contributed by atoms with E-state index in [9.17, 15) is 0 Å². The maximum absolute atomic E-state index is 6.06. The molecule has 0 aromatic heterocycles. The van der Waals surface area contributed by atoms with Crippen LogP contribution in [0.1, 0.15) is 25.7 Å². The van der Waals surface area contributed by atoms with Crippen molar-refractivity contribution in [3.05, 3.63) is 0 Å². The van der Waals surface area contributed by atoms with E-state index >= 15 is 0 Å². The summed E-state index contributed by atoms with van der Waals surface area (Å²) >= 11 is 6.06. The van der Waals surface area contributed by atoms with E-state index in [4.69, 9.17) is 23.1 Å². The molecule has 1 atom stereocenters. The Morgan fingerprint density at radius 3 is 2.20 bits per heavy atom. The van der Waals surface area contributed by atoms with Crippen molar-refractivity contribution in [3.63, 3.8) is 0 Å². The molecule has 0 radical (unpaired) electrons. The zero-order chi connectivity index (χ0) is 11.4. The molecule has 0 fully saturated rings. The molecule has 6 N–H and O–H groups in total. The maximum atomic E-state index is 6.06. The third-order valence-electron chi connectivity index (χ3n) is 2.12. The summed E-state index contributed by atoms with van der Waals surface area (Å²) in [5.74, 6) is 0. The van der Waals surface area contributed by atoms with E-state index in [0.29, 0.717) is 0 Å². The van der Waals surface area contributed by atoms with E-state index in [0.717, 1.165) is 58.4 Å². The van der Waals surface area contributed by atoms with Crippen molar-refractivity contribution in [1.82, 2.24) is 10.6 Å². The van der Waals surface area contributed by atoms with Crippen molar-refractivity contribution < 1.29 is 0 Å². The topological polar surface area (TPSA) is 76.1 Å². The quantitative estimate of drug-likeness (QED) is 0.235. The first-order valence-electron chi connectivity index (χ1n) is 5.79. The number of hydrogen-bond donors (Lipinski definition) is 4. The number of alkyl halides is 1. The van der Waals surface area contributed by atoms with Crippen LogP contribution in [0, 0.1) is 0 Å². The monoisotopic (exact) mass is 236 g/mol. The zero-order valence-electron chi connectivity index (χ0n) is 9.47. The summed E-state index contributed by atoms with van der Waals surface area (Å²) in [5, 5.41) is 6.55. The smallest absolute Gasteiger partial charge is 0.0825 e. The van der Waals surface area contributed by atoms with Crippen LogP contribution < -0.4 is 22.1 Å². The fraction of sp³-hybridized carbons (Fsp3) is 1.00. The van der Waals surface area contributed by atoms with Gasteiger partial charge in [0, 0.05) is 0 Å². The van der Waals surface area contributed by atoms with Gasteiger partial charge in [0.25, 0.3) is 0 Å². The molecule has 1 unspecified atom stereocenters. The van der Waals surface area contributed by atoms with Gasteiger partial charge in [-0.15, -0.1) is 11.6 Å². The van der Waals surface area contributed by atoms with Gasteiger partial charge in [-0.1, -0.05) is 0 Å². The SMILES string of the molecule is NCCCNCCCC(Cl)NCCCN. The molecule has 4 nitrogen and oxygen atoms in total. The molecule has 15 heavy (non-hydrogen) atoms. The molecule has 0 aromatic rings. The van der Waals surface area contributed by atoms with Crippen molar-refractivity contribution in [2.45, 2.75) is 31.2 Å². The third kappa shape index (κ3) is 12.1. The molecule has 92 valence electrons. The molecule has 0 rings (SSSR count). The lowest BCUT2D eigenvalue weighted by Gasteiger charge is -2.11. The second-order valence-corrected chi connectivity index (χ2v) is 4.13. The van der Waals surface area contributed by atoms with Crippen LogP contribution in [0.4, 0.5) is 0 Å². The van der Waals surface area contributed by atoms with Gasteiger partial charge >= 0.3 is 0 Å². The van der Waals surface area contributed by atoms with Crippen LogP contribution in [0.15, 0.2) is 0 Å². The Balaban J connectivity index is 3.06. The molecule has 0 amide bonds. The summed E-state index contributed by atoms with van der Waals surface area (Å²) in [6.45, 7) is 4.40. The van der Waals surface area contributed by atoms with Gasteiger partial charge in [-0.05, 0) is 58.4 Å². The fourth-order valence-electron chi connectivity index (χ4n) is 1.22. The highest BCUT2D eigenvalue weighted by Gasteiger charge is 2.01.